The van der Waals surface area contributed by atoms with Crippen molar-refractivity contribution in [1.82, 2.24) is 14.8 Å². The number of rotatable bonds is 3. The Balaban J connectivity index is 1.44. The van der Waals surface area contributed by atoms with Gasteiger partial charge in [-0.25, -0.2) is 0 Å². The molecule has 4 rings (SSSR count). The van der Waals surface area contributed by atoms with Crippen LogP contribution in [0.2, 0.25) is 0 Å². The van der Waals surface area contributed by atoms with E-state index in [-0.39, 0.29) is 5.91 Å². The standard InChI is InChI=1S/C22H20N4O/c23-15-18-16-24-21-19(18)7-4-8-20(21)22(27)26-13-11-25(12-14-26)10-9-17-5-2-1-3-6-17/h1-10,16,24H,11-14H2. The smallest absolute Gasteiger partial charge is 0.256 e. The predicted octanol–water partition coefficient (Wildman–Crippen LogP) is 3.47. The second-order valence-electron chi connectivity index (χ2n) is 6.60. The van der Waals surface area contributed by atoms with E-state index in [1.165, 1.54) is 5.56 Å². The predicted molar refractivity (Wildman–Crippen MR) is 106 cm³/mol. The van der Waals surface area contributed by atoms with E-state index in [0.29, 0.717) is 24.2 Å². The van der Waals surface area contributed by atoms with E-state index in [9.17, 15) is 10.1 Å². The van der Waals surface area contributed by atoms with Gasteiger partial charge in [0.1, 0.15) is 6.07 Å². The molecular formula is C22H20N4O. The van der Waals surface area contributed by atoms with Gasteiger partial charge in [-0.3, -0.25) is 4.79 Å². The van der Waals surface area contributed by atoms with Crippen molar-refractivity contribution in [3.05, 3.63) is 77.6 Å². The molecule has 0 aliphatic carbocycles. The lowest BCUT2D eigenvalue weighted by molar-refractivity contribution is 0.0682. The van der Waals surface area contributed by atoms with Crippen LogP contribution < -0.4 is 0 Å². The first-order valence-corrected chi connectivity index (χ1v) is 9.03. The van der Waals surface area contributed by atoms with Crippen molar-refractivity contribution >= 4 is 22.9 Å². The van der Waals surface area contributed by atoms with Crippen LogP contribution in [-0.2, 0) is 0 Å². The topological polar surface area (TPSA) is 63.1 Å². The van der Waals surface area contributed by atoms with Crippen LogP contribution in [0.15, 0.2) is 60.9 Å². The quantitative estimate of drug-likeness (QED) is 0.782. The summed E-state index contributed by atoms with van der Waals surface area (Å²) in [6.07, 6.45) is 5.86. The van der Waals surface area contributed by atoms with Gasteiger partial charge >= 0.3 is 0 Å². The van der Waals surface area contributed by atoms with Gasteiger partial charge in [0, 0.05) is 37.8 Å². The Bertz CT molecular complexity index is 1020. The average Bonchev–Trinajstić information content (AvgIpc) is 3.16. The summed E-state index contributed by atoms with van der Waals surface area (Å²) < 4.78 is 0. The summed E-state index contributed by atoms with van der Waals surface area (Å²) in [4.78, 5) is 20.2. The van der Waals surface area contributed by atoms with Gasteiger partial charge in [-0.1, -0.05) is 42.5 Å². The highest BCUT2D eigenvalue weighted by Gasteiger charge is 2.23. The van der Waals surface area contributed by atoms with Gasteiger partial charge in [-0.05, 0) is 23.9 Å². The van der Waals surface area contributed by atoms with Crippen molar-refractivity contribution in [2.75, 3.05) is 26.2 Å². The normalized spacial score (nSPS) is 14.6. The zero-order valence-corrected chi connectivity index (χ0v) is 14.9. The Morgan fingerprint density at radius 2 is 1.81 bits per heavy atom. The molecule has 0 spiro atoms. The number of benzene rings is 2. The maximum absolute atomic E-state index is 13.0. The first-order chi connectivity index (χ1) is 13.3. The van der Waals surface area contributed by atoms with Gasteiger partial charge in [0.2, 0.25) is 0 Å². The maximum atomic E-state index is 13.0. The molecule has 1 amide bonds. The third-order valence-electron chi connectivity index (χ3n) is 4.95. The highest BCUT2D eigenvalue weighted by Crippen LogP contribution is 2.23. The summed E-state index contributed by atoms with van der Waals surface area (Å²) in [5, 5.41) is 9.99. The van der Waals surface area contributed by atoms with E-state index < -0.39 is 0 Å². The van der Waals surface area contributed by atoms with E-state index in [4.69, 9.17) is 0 Å². The third-order valence-corrected chi connectivity index (χ3v) is 4.95. The minimum Gasteiger partial charge on any atom is -0.374 e. The van der Waals surface area contributed by atoms with Crippen molar-refractivity contribution in [3.8, 4) is 6.07 Å². The molecule has 2 heterocycles. The number of nitrogens with zero attached hydrogens (tertiary/aromatic N) is 3. The molecule has 1 saturated heterocycles. The van der Waals surface area contributed by atoms with E-state index in [1.807, 2.05) is 41.3 Å². The number of piperazine rings is 1. The fourth-order valence-corrected chi connectivity index (χ4v) is 3.43. The summed E-state index contributed by atoms with van der Waals surface area (Å²) in [5.74, 6) is 0.0126. The lowest BCUT2D eigenvalue weighted by Crippen LogP contribution is -2.46. The van der Waals surface area contributed by atoms with Gasteiger partial charge < -0.3 is 14.8 Å². The Labute approximate surface area is 158 Å². The molecule has 1 fully saturated rings. The highest BCUT2D eigenvalue weighted by molar-refractivity contribution is 6.06. The molecule has 0 saturated carbocycles. The van der Waals surface area contributed by atoms with Gasteiger partial charge in [0.15, 0.2) is 0 Å². The van der Waals surface area contributed by atoms with Crippen LogP contribution in [0.4, 0.5) is 0 Å². The minimum absolute atomic E-state index is 0.0126. The second kappa shape index (κ2) is 7.38. The lowest BCUT2D eigenvalue weighted by atomic mass is 10.1. The molecule has 134 valence electrons. The zero-order chi connectivity index (χ0) is 18.6. The first-order valence-electron chi connectivity index (χ1n) is 9.03. The van der Waals surface area contributed by atoms with Crippen LogP contribution in [0.1, 0.15) is 21.5 Å². The monoisotopic (exact) mass is 356 g/mol. The zero-order valence-electron chi connectivity index (χ0n) is 14.9. The van der Waals surface area contributed by atoms with E-state index in [2.05, 4.69) is 40.4 Å². The molecule has 1 aliphatic heterocycles. The van der Waals surface area contributed by atoms with Crippen molar-refractivity contribution in [2.24, 2.45) is 0 Å². The first kappa shape index (κ1) is 16.9. The Hall–Kier alpha value is -3.52. The largest absolute Gasteiger partial charge is 0.374 e. The molecule has 0 atom stereocenters. The number of carbonyl (C=O) groups is 1. The van der Waals surface area contributed by atoms with E-state index >= 15 is 0 Å². The molecular weight excluding hydrogens is 336 g/mol. The number of para-hydroxylation sites is 1. The van der Waals surface area contributed by atoms with Crippen molar-refractivity contribution in [1.29, 1.82) is 5.26 Å². The summed E-state index contributed by atoms with van der Waals surface area (Å²) >= 11 is 0. The molecule has 2 aromatic carbocycles. The summed E-state index contributed by atoms with van der Waals surface area (Å²) in [7, 11) is 0. The molecule has 27 heavy (non-hydrogen) atoms. The maximum Gasteiger partial charge on any atom is 0.256 e. The van der Waals surface area contributed by atoms with Crippen molar-refractivity contribution < 1.29 is 4.79 Å². The molecule has 1 aromatic heterocycles. The van der Waals surface area contributed by atoms with Gasteiger partial charge in [0.05, 0.1) is 16.6 Å². The van der Waals surface area contributed by atoms with Crippen LogP contribution in [-0.4, -0.2) is 46.9 Å². The SMILES string of the molecule is N#Cc1c[nH]c2c(C(=O)N3CCN(C=Cc4ccccc4)CC3)cccc12. The number of nitrogens with one attached hydrogen (secondary N) is 1. The van der Waals surface area contributed by atoms with E-state index in [1.54, 1.807) is 6.20 Å². The fourth-order valence-electron chi connectivity index (χ4n) is 3.43. The number of H-pyrrole nitrogens is 1. The van der Waals surface area contributed by atoms with Gasteiger partial charge in [-0.2, -0.15) is 5.26 Å². The van der Waals surface area contributed by atoms with Crippen LogP contribution in [0.5, 0.6) is 0 Å². The Morgan fingerprint density at radius 1 is 1.04 bits per heavy atom. The lowest BCUT2D eigenvalue weighted by Gasteiger charge is -2.34. The summed E-state index contributed by atoms with van der Waals surface area (Å²) in [5.41, 5.74) is 3.10. The number of hydrogen-bond donors (Lipinski definition) is 1. The number of nitriles is 1. The minimum atomic E-state index is 0.0126. The number of amides is 1. The Kier molecular flexibility index (Phi) is 4.63. The molecule has 0 unspecified atom stereocenters. The average molecular weight is 356 g/mol. The Morgan fingerprint density at radius 3 is 2.56 bits per heavy atom. The number of hydrogen-bond acceptors (Lipinski definition) is 3. The van der Waals surface area contributed by atoms with Crippen LogP contribution in [0, 0.1) is 11.3 Å². The molecule has 5 nitrogen and oxygen atoms in total. The van der Waals surface area contributed by atoms with Crippen molar-refractivity contribution in [3.63, 3.8) is 0 Å². The molecule has 0 radical (unpaired) electrons. The van der Waals surface area contributed by atoms with Crippen LogP contribution >= 0.6 is 0 Å². The number of carbonyl (C=O) groups excluding carboxylic acids is 1. The number of aromatic amines is 1. The number of aromatic nitrogens is 1. The van der Waals surface area contributed by atoms with Gasteiger partial charge in [-0.15, -0.1) is 0 Å². The number of fused-ring (bicyclic) bond motifs is 1. The third kappa shape index (κ3) is 3.42. The molecule has 0 bridgehead atoms. The van der Waals surface area contributed by atoms with Gasteiger partial charge in [0.25, 0.3) is 5.91 Å². The second-order valence-corrected chi connectivity index (χ2v) is 6.60. The molecule has 1 aliphatic rings. The van der Waals surface area contributed by atoms with Crippen molar-refractivity contribution in [2.45, 2.75) is 0 Å². The van der Waals surface area contributed by atoms with E-state index in [0.717, 1.165) is 24.0 Å². The van der Waals surface area contributed by atoms with Crippen LogP contribution in [0.3, 0.4) is 0 Å². The summed E-state index contributed by atoms with van der Waals surface area (Å²) in [6.45, 7) is 2.97. The molecule has 1 N–H and O–H groups in total. The molecule has 3 aromatic rings. The fraction of sp³-hybridized carbons (Fsp3) is 0.182. The summed E-state index contributed by atoms with van der Waals surface area (Å²) in [6, 6.07) is 17.9. The van der Waals surface area contributed by atoms with Crippen LogP contribution in [0.25, 0.3) is 17.0 Å². The molecule has 5 heteroatoms. The highest BCUT2D eigenvalue weighted by atomic mass is 16.2.